The maximum absolute atomic E-state index is 3.46. The summed E-state index contributed by atoms with van der Waals surface area (Å²) in [7, 11) is 8.11. The molecule has 0 aliphatic rings. The molecule has 3 heteroatoms. The molecule has 0 fully saturated rings. The quantitative estimate of drug-likeness (QED) is 0.689. The summed E-state index contributed by atoms with van der Waals surface area (Å²) in [6.07, 6.45) is 2.06. The van der Waals surface area contributed by atoms with Crippen LogP contribution in [0.25, 0.3) is 0 Å². The van der Waals surface area contributed by atoms with Crippen LogP contribution in [-0.2, 0) is 0 Å². The van der Waals surface area contributed by atoms with Crippen LogP contribution in [0, 0.1) is 0 Å². The number of hydrogen-bond acceptors (Lipinski definition) is 2. The SMILES string of the molecule is CN(C)/C=C(\Br)CN(C)C. The van der Waals surface area contributed by atoms with Crippen molar-refractivity contribution in [3.63, 3.8) is 0 Å². The minimum Gasteiger partial charge on any atom is -0.383 e. The molecule has 0 unspecified atom stereocenters. The van der Waals surface area contributed by atoms with E-state index >= 15 is 0 Å². The van der Waals surface area contributed by atoms with Crippen molar-refractivity contribution in [2.45, 2.75) is 0 Å². The summed E-state index contributed by atoms with van der Waals surface area (Å²) in [5, 5.41) is 0. The lowest BCUT2D eigenvalue weighted by atomic mass is 10.5. The average Bonchev–Trinajstić information content (AvgIpc) is 1.58. The summed E-state index contributed by atoms with van der Waals surface area (Å²) < 4.78 is 1.20. The zero-order valence-electron chi connectivity index (χ0n) is 7.06. The molecule has 0 amide bonds. The van der Waals surface area contributed by atoms with Gasteiger partial charge in [-0.05, 0) is 14.1 Å². The van der Waals surface area contributed by atoms with E-state index in [9.17, 15) is 0 Å². The second kappa shape index (κ2) is 4.74. The third-order valence-corrected chi connectivity index (χ3v) is 1.32. The topological polar surface area (TPSA) is 6.48 Å². The van der Waals surface area contributed by atoms with Gasteiger partial charge in [0, 0.05) is 31.3 Å². The van der Waals surface area contributed by atoms with E-state index in [-0.39, 0.29) is 0 Å². The third-order valence-electron chi connectivity index (χ3n) is 0.866. The highest BCUT2D eigenvalue weighted by molar-refractivity contribution is 9.11. The van der Waals surface area contributed by atoms with Crippen LogP contribution in [-0.4, -0.2) is 44.5 Å². The lowest BCUT2D eigenvalue weighted by Gasteiger charge is -2.11. The largest absolute Gasteiger partial charge is 0.383 e. The molecular formula is C7H15BrN2. The first-order chi connectivity index (χ1) is 4.52. The standard InChI is InChI=1S/C7H15BrN2/c1-9(2)5-7(8)6-10(3)4/h5H,6H2,1-4H3/b7-5-. The van der Waals surface area contributed by atoms with Crippen molar-refractivity contribution in [3.8, 4) is 0 Å². The molecule has 0 aliphatic heterocycles. The molecule has 0 spiro atoms. The van der Waals surface area contributed by atoms with E-state index in [1.165, 1.54) is 4.48 Å². The molecule has 0 N–H and O–H groups in total. The summed E-state index contributed by atoms with van der Waals surface area (Å²) in [6.45, 7) is 0.957. The molecule has 0 aromatic carbocycles. The fourth-order valence-electron chi connectivity index (χ4n) is 0.623. The summed E-state index contributed by atoms with van der Waals surface area (Å²) in [4.78, 5) is 4.14. The Kier molecular flexibility index (Phi) is 4.73. The van der Waals surface area contributed by atoms with E-state index in [2.05, 4.69) is 27.0 Å². The Balaban J connectivity index is 3.71. The molecule has 0 aromatic rings. The number of hydrogen-bond donors (Lipinski definition) is 0. The van der Waals surface area contributed by atoms with Crippen LogP contribution in [0.3, 0.4) is 0 Å². The van der Waals surface area contributed by atoms with Gasteiger partial charge < -0.3 is 9.80 Å². The summed E-state index contributed by atoms with van der Waals surface area (Å²) in [6, 6.07) is 0. The second-order valence-electron chi connectivity index (χ2n) is 2.78. The van der Waals surface area contributed by atoms with Crippen molar-refractivity contribution in [2.75, 3.05) is 34.7 Å². The van der Waals surface area contributed by atoms with Crippen molar-refractivity contribution in [1.29, 1.82) is 0 Å². The average molecular weight is 207 g/mol. The Morgan fingerprint density at radius 1 is 1.30 bits per heavy atom. The van der Waals surface area contributed by atoms with E-state index in [0.29, 0.717) is 0 Å². The zero-order chi connectivity index (χ0) is 8.15. The van der Waals surface area contributed by atoms with E-state index < -0.39 is 0 Å². The van der Waals surface area contributed by atoms with Gasteiger partial charge >= 0.3 is 0 Å². The van der Waals surface area contributed by atoms with E-state index in [4.69, 9.17) is 0 Å². The van der Waals surface area contributed by atoms with Crippen LogP contribution in [0.5, 0.6) is 0 Å². The molecule has 0 saturated carbocycles. The van der Waals surface area contributed by atoms with Gasteiger partial charge in [0.2, 0.25) is 0 Å². The van der Waals surface area contributed by atoms with Gasteiger partial charge in [-0.3, -0.25) is 0 Å². The van der Waals surface area contributed by atoms with Gasteiger partial charge in [0.1, 0.15) is 0 Å². The molecule has 0 aromatic heterocycles. The normalized spacial score (nSPS) is 12.4. The maximum Gasteiger partial charge on any atom is 0.0308 e. The molecule has 2 nitrogen and oxygen atoms in total. The minimum absolute atomic E-state index is 0.957. The maximum atomic E-state index is 3.46. The molecular weight excluding hydrogens is 192 g/mol. The molecule has 0 heterocycles. The predicted molar refractivity (Wildman–Crippen MR) is 49.3 cm³/mol. The minimum atomic E-state index is 0.957. The molecule has 10 heavy (non-hydrogen) atoms. The second-order valence-corrected chi connectivity index (χ2v) is 3.80. The van der Waals surface area contributed by atoms with Gasteiger partial charge in [-0.1, -0.05) is 15.9 Å². The molecule has 0 bridgehead atoms. The lowest BCUT2D eigenvalue weighted by Crippen LogP contribution is -2.14. The number of nitrogens with zero attached hydrogens (tertiary/aromatic N) is 2. The van der Waals surface area contributed by atoms with Crippen LogP contribution in [0.15, 0.2) is 10.7 Å². The molecule has 0 saturated heterocycles. The summed E-state index contributed by atoms with van der Waals surface area (Å²) in [5.74, 6) is 0. The first-order valence-electron chi connectivity index (χ1n) is 3.19. The van der Waals surface area contributed by atoms with Gasteiger partial charge in [0.25, 0.3) is 0 Å². The van der Waals surface area contributed by atoms with Crippen LogP contribution in [0.1, 0.15) is 0 Å². The Labute approximate surface area is 71.6 Å². The Bertz CT molecular complexity index is 119. The zero-order valence-corrected chi connectivity index (χ0v) is 8.64. The van der Waals surface area contributed by atoms with Crippen LogP contribution >= 0.6 is 15.9 Å². The molecule has 0 atom stereocenters. The highest BCUT2D eigenvalue weighted by Gasteiger charge is 1.93. The molecule has 0 aliphatic carbocycles. The van der Waals surface area contributed by atoms with Crippen LogP contribution < -0.4 is 0 Å². The first kappa shape index (κ1) is 9.98. The predicted octanol–water partition coefficient (Wildman–Crippen LogP) is 1.35. The monoisotopic (exact) mass is 206 g/mol. The van der Waals surface area contributed by atoms with Crippen molar-refractivity contribution >= 4 is 15.9 Å². The van der Waals surface area contributed by atoms with Gasteiger partial charge in [-0.15, -0.1) is 0 Å². The molecule has 60 valence electrons. The summed E-state index contributed by atoms with van der Waals surface area (Å²) in [5.41, 5.74) is 0. The van der Waals surface area contributed by atoms with Gasteiger partial charge in [-0.2, -0.15) is 0 Å². The third kappa shape index (κ3) is 6.11. The van der Waals surface area contributed by atoms with Gasteiger partial charge in [0.05, 0.1) is 0 Å². The van der Waals surface area contributed by atoms with Crippen molar-refractivity contribution in [1.82, 2.24) is 9.80 Å². The fourth-order valence-corrected chi connectivity index (χ4v) is 1.53. The van der Waals surface area contributed by atoms with E-state index in [1.54, 1.807) is 0 Å². The van der Waals surface area contributed by atoms with Gasteiger partial charge in [0.15, 0.2) is 0 Å². The molecule has 0 radical (unpaired) electrons. The van der Waals surface area contributed by atoms with Crippen molar-refractivity contribution < 1.29 is 0 Å². The number of likely N-dealkylation sites (N-methyl/N-ethyl adjacent to an activating group) is 1. The highest BCUT2D eigenvalue weighted by Crippen LogP contribution is 2.05. The van der Waals surface area contributed by atoms with Crippen LogP contribution in [0.2, 0.25) is 0 Å². The molecule has 0 rings (SSSR count). The van der Waals surface area contributed by atoms with E-state index in [1.807, 2.05) is 33.1 Å². The Morgan fingerprint density at radius 2 is 1.80 bits per heavy atom. The van der Waals surface area contributed by atoms with Crippen molar-refractivity contribution in [2.24, 2.45) is 0 Å². The first-order valence-corrected chi connectivity index (χ1v) is 3.99. The van der Waals surface area contributed by atoms with Crippen molar-refractivity contribution in [3.05, 3.63) is 10.7 Å². The number of halogens is 1. The number of rotatable bonds is 3. The Hall–Kier alpha value is -0.0200. The Morgan fingerprint density at radius 3 is 2.10 bits per heavy atom. The van der Waals surface area contributed by atoms with Crippen LogP contribution in [0.4, 0.5) is 0 Å². The highest BCUT2D eigenvalue weighted by atomic mass is 79.9. The smallest absolute Gasteiger partial charge is 0.0308 e. The van der Waals surface area contributed by atoms with E-state index in [0.717, 1.165) is 6.54 Å². The summed E-state index contributed by atoms with van der Waals surface area (Å²) >= 11 is 3.46. The fraction of sp³-hybridized carbons (Fsp3) is 0.714. The lowest BCUT2D eigenvalue weighted by molar-refractivity contribution is 0.448. The van der Waals surface area contributed by atoms with Gasteiger partial charge in [-0.25, -0.2) is 0 Å².